The van der Waals surface area contributed by atoms with Gasteiger partial charge in [0.25, 0.3) is 0 Å². The molecule has 2 aliphatic heterocycles. The average Bonchev–Trinajstić information content (AvgIpc) is 2.93. The van der Waals surface area contributed by atoms with Gasteiger partial charge < -0.3 is 20.9 Å². The minimum Gasteiger partial charge on any atom is -0.356 e. The second kappa shape index (κ2) is 14.3. The van der Waals surface area contributed by atoms with Gasteiger partial charge in [-0.05, 0) is 99.5 Å². The molecule has 206 valence electrons. The van der Waals surface area contributed by atoms with Gasteiger partial charge in [-0.1, -0.05) is 47.5 Å². The van der Waals surface area contributed by atoms with E-state index in [-0.39, 0.29) is 35.5 Å². The summed E-state index contributed by atoms with van der Waals surface area (Å²) in [6.07, 6.45) is 4.65. The highest BCUT2D eigenvalue weighted by Gasteiger charge is 2.34. The molecule has 4 rings (SSSR count). The van der Waals surface area contributed by atoms with Crippen LogP contribution in [0.2, 0.25) is 10.0 Å². The quantitative estimate of drug-likeness (QED) is 0.365. The van der Waals surface area contributed by atoms with Crippen LogP contribution in [0.4, 0.5) is 0 Å². The molecule has 8 heteroatoms. The molecule has 0 saturated carbocycles. The van der Waals surface area contributed by atoms with E-state index in [1.165, 1.54) is 11.1 Å². The molecular weight excluding hydrogens is 519 g/mol. The summed E-state index contributed by atoms with van der Waals surface area (Å²) in [6.45, 7) is 4.67. The van der Waals surface area contributed by atoms with E-state index in [1.807, 2.05) is 48.5 Å². The molecule has 2 fully saturated rings. The second-order valence-electron chi connectivity index (χ2n) is 10.7. The SMILES string of the molecule is CN1CCC(c2ccc(Cl)cc2)C(C(=O)NCCCCCNC(=O)C2CNCCC2c2ccc(Cl)cc2)C1. The van der Waals surface area contributed by atoms with Gasteiger partial charge in [0, 0.05) is 36.2 Å². The molecule has 2 saturated heterocycles. The molecule has 0 radical (unpaired) electrons. The third kappa shape index (κ3) is 7.95. The molecule has 3 N–H and O–H groups in total. The Morgan fingerprint density at radius 1 is 0.816 bits per heavy atom. The molecule has 0 aliphatic carbocycles. The van der Waals surface area contributed by atoms with Crippen LogP contribution in [0.1, 0.15) is 55.1 Å². The Labute approximate surface area is 236 Å². The van der Waals surface area contributed by atoms with Gasteiger partial charge in [0.2, 0.25) is 11.8 Å². The van der Waals surface area contributed by atoms with Gasteiger partial charge in [0.15, 0.2) is 0 Å². The Kier molecular flexibility index (Phi) is 10.9. The molecule has 0 bridgehead atoms. The number of unbranched alkanes of at least 4 members (excludes halogenated alkanes) is 2. The molecule has 2 amide bonds. The van der Waals surface area contributed by atoms with Crippen LogP contribution >= 0.6 is 23.2 Å². The third-order valence-electron chi connectivity index (χ3n) is 8.02. The van der Waals surface area contributed by atoms with Crippen molar-refractivity contribution in [2.24, 2.45) is 11.8 Å². The topological polar surface area (TPSA) is 73.5 Å². The molecule has 6 nitrogen and oxygen atoms in total. The number of amides is 2. The van der Waals surface area contributed by atoms with E-state index >= 15 is 0 Å². The highest BCUT2D eigenvalue weighted by molar-refractivity contribution is 6.30. The minimum absolute atomic E-state index is 0.0631. The van der Waals surface area contributed by atoms with Crippen LogP contribution in [0.5, 0.6) is 0 Å². The number of carbonyl (C=O) groups is 2. The van der Waals surface area contributed by atoms with E-state index in [2.05, 4.69) is 27.9 Å². The van der Waals surface area contributed by atoms with E-state index in [0.717, 1.165) is 56.8 Å². The van der Waals surface area contributed by atoms with E-state index in [1.54, 1.807) is 0 Å². The smallest absolute Gasteiger partial charge is 0.225 e. The van der Waals surface area contributed by atoms with Crippen molar-refractivity contribution in [3.05, 3.63) is 69.7 Å². The number of rotatable bonds is 10. The predicted octanol–water partition coefficient (Wildman–Crippen LogP) is 4.82. The van der Waals surface area contributed by atoms with Crippen molar-refractivity contribution < 1.29 is 9.59 Å². The molecule has 38 heavy (non-hydrogen) atoms. The number of nitrogens with zero attached hydrogens (tertiary/aromatic N) is 1. The number of hydrogen-bond acceptors (Lipinski definition) is 4. The maximum absolute atomic E-state index is 13.1. The van der Waals surface area contributed by atoms with E-state index in [0.29, 0.717) is 24.7 Å². The van der Waals surface area contributed by atoms with Crippen molar-refractivity contribution >= 4 is 35.0 Å². The number of nitrogens with one attached hydrogen (secondary N) is 3. The highest BCUT2D eigenvalue weighted by Crippen LogP contribution is 2.34. The lowest BCUT2D eigenvalue weighted by molar-refractivity contribution is -0.127. The minimum atomic E-state index is -0.0774. The average molecular weight is 560 g/mol. The Morgan fingerprint density at radius 2 is 1.34 bits per heavy atom. The fraction of sp³-hybridized carbons (Fsp3) is 0.533. The molecule has 0 aromatic heterocycles. The van der Waals surface area contributed by atoms with E-state index < -0.39 is 0 Å². The Hall–Kier alpha value is -2.12. The Balaban J connectivity index is 1.16. The van der Waals surface area contributed by atoms with Crippen molar-refractivity contribution in [2.45, 2.75) is 43.9 Å². The van der Waals surface area contributed by atoms with Gasteiger partial charge in [-0.15, -0.1) is 0 Å². The zero-order valence-electron chi connectivity index (χ0n) is 22.2. The zero-order valence-corrected chi connectivity index (χ0v) is 23.7. The largest absolute Gasteiger partial charge is 0.356 e. The van der Waals surface area contributed by atoms with Crippen molar-refractivity contribution in [3.8, 4) is 0 Å². The standard InChI is InChI=1S/C30H40Cl2N4O2/c1-36-18-14-26(22-7-11-24(32)12-8-22)28(20-36)30(38)35-16-4-2-3-15-34-29(37)27-19-33-17-13-25(27)21-5-9-23(31)10-6-21/h5-12,25-28,33H,2-4,13-20H2,1H3,(H,34,37)(H,35,38). The number of hydrogen-bond donors (Lipinski definition) is 3. The number of piperidine rings is 2. The van der Waals surface area contributed by atoms with Crippen molar-refractivity contribution in [1.29, 1.82) is 0 Å². The Morgan fingerprint density at radius 3 is 1.92 bits per heavy atom. The summed E-state index contributed by atoms with van der Waals surface area (Å²) in [5, 5.41) is 11.1. The lowest BCUT2D eigenvalue weighted by Crippen LogP contribution is -2.45. The normalized spacial score (nSPS) is 24.1. The van der Waals surface area contributed by atoms with Gasteiger partial charge in [-0.25, -0.2) is 0 Å². The summed E-state index contributed by atoms with van der Waals surface area (Å²) in [7, 11) is 2.08. The second-order valence-corrected chi connectivity index (χ2v) is 11.6. The molecule has 4 atom stereocenters. The summed E-state index contributed by atoms with van der Waals surface area (Å²) in [6, 6.07) is 15.8. The first-order valence-electron chi connectivity index (χ1n) is 13.9. The summed E-state index contributed by atoms with van der Waals surface area (Å²) in [4.78, 5) is 28.3. The fourth-order valence-corrected chi connectivity index (χ4v) is 6.10. The molecular formula is C30H40Cl2N4O2. The number of likely N-dealkylation sites (tertiary alicyclic amines) is 1. The van der Waals surface area contributed by atoms with Crippen LogP contribution in [-0.4, -0.2) is 63.0 Å². The van der Waals surface area contributed by atoms with Crippen molar-refractivity contribution in [1.82, 2.24) is 20.9 Å². The monoisotopic (exact) mass is 558 g/mol. The molecule has 2 heterocycles. The number of halogens is 2. The van der Waals surface area contributed by atoms with E-state index in [9.17, 15) is 9.59 Å². The fourth-order valence-electron chi connectivity index (χ4n) is 5.84. The van der Waals surface area contributed by atoms with Gasteiger partial charge in [-0.3, -0.25) is 9.59 Å². The summed E-state index contributed by atoms with van der Waals surface area (Å²) in [5.41, 5.74) is 2.36. The third-order valence-corrected chi connectivity index (χ3v) is 8.52. The van der Waals surface area contributed by atoms with Crippen LogP contribution in [0.25, 0.3) is 0 Å². The number of benzene rings is 2. The molecule has 0 spiro atoms. The van der Waals surface area contributed by atoms with E-state index in [4.69, 9.17) is 23.2 Å². The van der Waals surface area contributed by atoms with Gasteiger partial charge in [0.1, 0.15) is 0 Å². The van der Waals surface area contributed by atoms with Crippen molar-refractivity contribution in [2.75, 3.05) is 46.3 Å². The lowest BCUT2D eigenvalue weighted by atomic mass is 9.80. The molecule has 2 aromatic rings. The molecule has 2 aromatic carbocycles. The first-order valence-corrected chi connectivity index (χ1v) is 14.6. The van der Waals surface area contributed by atoms with Gasteiger partial charge in [-0.2, -0.15) is 0 Å². The van der Waals surface area contributed by atoms with Crippen LogP contribution in [0, 0.1) is 11.8 Å². The van der Waals surface area contributed by atoms with Crippen LogP contribution in [0.15, 0.2) is 48.5 Å². The number of carbonyl (C=O) groups excluding carboxylic acids is 2. The van der Waals surface area contributed by atoms with Gasteiger partial charge in [0.05, 0.1) is 11.8 Å². The van der Waals surface area contributed by atoms with Crippen LogP contribution in [0.3, 0.4) is 0 Å². The summed E-state index contributed by atoms with van der Waals surface area (Å²) in [5.74, 6) is 0.519. The van der Waals surface area contributed by atoms with Gasteiger partial charge >= 0.3 is 0 Å². The van der Waals surface area contributed by atoms with Crippen molar-refractivity contribution in [3.63, 3.8) is 0 Å². The molecule has 4 unspecified atom stereocenters. The predicted molar refractivity (Wildman–Crippen MR) is 155 cm³/mol. The summed E-state index contributed by atoms with van der Waals surface area (Å²) >= 11 is 12.1. The maximum atomic E-state index is 13.1. The first kappa shape index (κ1) is 28.9. The van der Waals surface area contributed by atoms with Crippen LogP contribution < -0.4 is 16.0 Å². The first-order chi connectivity index (χ1) is 18.4. The summed E-state index contributed by atoms with van der Waals surface area (Å²) < 4.78 is 0. The Bertz CT molecular complexity index is 1050. The lowest BCUT2D eigenvalue weighted by Gasteiger charge is -2.36. The maximum Gasteiger partial charge on any atom is 0.225 e. The zero-order chi connectivity index (χ0) is 26.9. The molecule has 2 aliphatic rings. The van der Waals surface area contributed by atoms with Crippen LogP contribution in [-0.2, 0) is 9.59 Å². The highest BCUT2D eigenvalue weighted by atomic mass is 35.5.